The van der Waals surface area contributed by atoms with Crippen LogP contribution in [0.1, 0.15) is 15.9 Å². The number of hydrogen-bond donors (Lipinski definition) is 3. The third-order valence-electron chi connectivity index (χ3n) is 2.86. The first-order chi connectivity index (χ1) is 10.5. The van der Waals surface area contributed by atoms with Crippen LogP contribution in [0.3, 0.4) is 0 Å². The molecule has 0 aliphatic rings. The predicted molar refractivity (Wildman–Crippen MR) is 87.2 cm³/mol. The van der Waals surface area contributed by atoms with E-state index in [0.717, 1.165) is 5.54 Å². The Kier molecular flexibility index (Phi) is 4.75. The highest BCUT2D eigenvalue weighted by atomic mass is 35.5. The summed E-state index contributed by atoms with van der Waals surface area (Å²) in [6.07, 6.45) is 9.28. The number of rotatable bonds is 4. The molecule has 1 aromatic carbocycles. The summed E-state index contributed by atoms with van der Waals surface area (Å²) in [6, 6.07) is 1.51. The van der Waals surface area contributed by atoms with Gasteiger partial charge in [0.1, 0.15) is 5.76 Å². The fourth-order valence-corrected chi connectivity index (χ4v) is 1.94. The number of anilines is 1. The Bertz CT molecular complexity index is 813. The Morgan fingerprint density at radius 2 is 2.00 bits per heavy atom. The second-order valence-electron chi connectivity index (χ2n) is 4.29. The maximum absolute atomic E-state index is 11.5. The molecule has 0 atom stereocenters. The van der Waals surface area contributed by atoms with Crippen LogP contribution in [0.15, 0.2) is 48.0 Å². The molecule has 2 rings (SSSR count). The number of fused-ring (bicyclic) bond motifs is 1. The lowest BCUT2D eigenvalue weighted by Gasteiger charge is -2.08. The van der Waals surface area contributed by atoms with Crippen molar-refractivity contribution in [3.8, 4) is 0 Å². The van der Waals surface area contributed by atoms with Gasteiger partial charge in [-0.25, -0.2) is 0 Å². The molecule has 0 unspecified atom stereocenters. The van der Waals surface area contributed by atoms with Crippen LogP contribution in [0.2, 0.25) is 0 Å². The molecule has 0 aliphatic carbocycles. The van der Waals surface area contributed by atoms with Gasteiger partial charge in [0.15, 0.2) is 0 Å². The molecule has 5 N–H and O–H groups in total. The van der Waals surface area contributed by atoms with Crippen LogP contribution in [-0.4, -0.2) is 21.0 Å². The van der Waals surface area contributed by atoms with Crippen molar-refractivity contribution in [1.82, 2.24) is 9.97 Å². The van der Waals surface area contributed by atoms with Crippen LogP contribution in [-0.2, 0) is 0 Å². The van der Waals surface area contributed by atoms with Crippen molar-refractivity contribution < 1.29 is 9.90 Å². The minimum absolute atomic E-state index is 0.0881. The van der Waals surface area contributed by atoms with E-state index in [-0.39, 0.29) is 17.0 Å². The highest BCUT2D eigenvalue weighted by molar-refractivity contribution is 6.25. The van der Waals surface area contributed by atoms with Gasteiger partial charge in [0.05, 0.1) is 22.3 Å². The van der Waals surface area contributed by atoms with Gasteiger partial charge in [-0.15, -0.1) is 0 Å². The molecule has 1 aromatic heterocycles. The molecule has 0 fully saturated rings. The summed E-state index contributed by atoms with van der Waals surface area (Å²) < 4.78 is 0. The Labute approximate surface area is 131 Å². The summed E-state index contributed by atoms with van der Waals surface area (Å²) >= 11 is 5.33. The molecule has 0 saturated carbocycles. The third-order valence-corrected chi connectivity index (χ3v) is 3.08. The van der Waals surface area contributed by atoms with Crippen molar-refractivity contribution in [1.29, 1.82) is 0 Å². The first-order valence-electron chi connectivity index (χ1n) is 6.21. The van der Waals surface area contributed by atoms with Crippen molar-refractivity contribution in [2.24, 2.45) is 5.73 Å². The second-order valence-corrected chi connectivity index (χ2v) is 4.51. The maximum atomic E-state index is 11.5. The molecule has 6 nitrogen and oxygen atoms in total. The molecule has 0 radical (unpaired) electrons. The van der Waals surface area contributed by atoms with Gasteiger partial charge in [-0.2, -0.15) is 0 Å². The van der Waals surface area contributed by atoms with Crippen LogP contribution in [0, 0.1) is 0 Å². The average Bonchev–Trinajstić information content (AvgIpc) is 2.52. The van der Waals surface area contributed by atoms with E-state index in [1.165, 1.54) is 24.5 Å². The van der Waals surface area contributed by atoms with Gasteiger partial charge in [0, 0.05) is 23.5 Å². The van der Waals surface area contributed by atoms with Crippen LogP contribution in [0.25, 0.3) is 17.1 Å². The molecular formula is C15H13ClN4O2. The van der Waals surface area contributed by atoms with Crippen LogP contribution < -0.4 is 11.5 Å². The number of aliphatic hydroxyl groups is 1. The predicted octanol–water partition coefficient (Wildman–Crippen LogP) is 2.52. The number of primary amides is 1. The molecule has 112 valence electrons. The molecule has 0 saturated heterocycles. The number of nitrogens with two attached hydrogens (primary N) is 2. The quantitative estimate of drug-likeness (QED) is 0.455. The summed E-state index contributed by atoms with van der Waals surface area (Å²) in [5.74, 6) is -0.729. The number of amides is 1. The largest absolute Gasteiger partial charge is 0.507 e. The Hall–Kier alpha value is -2.86. The van der Waals surface area contributed by atoms with E-state index in [9.17, 15) is 9.90 Å². The average molecular weight is 317 g/mol. The topological polar surface area (TPSA) is 115 Å². The zero-order valence-electron chi connectivity index (χ0n) is 11.4. The number of hydrogen-bond acceptors (Lipinski definition) is 5. The monoisotopic (exact) mass is 316 g/mol. The molecule has 0 aliphatic heterocycles. The van der Waals surface area contributed by atoms with E-state index in [0.29, 0.717) is 16.6 Å². The highest BCUT2D eigenvalue weighted by Crippen LogP contribution is 2.26. The number of halogens is 1. The van der Waals surface area contributed by atoms with Gasteiger partial charge in [-0.1, -0.05) is 29.8 Å². The third kappa shape index (κ3) is 3.24. The summed E-state index contributed by atoms with van der Waals surface area (Å²) in [7, 11) is 0. The molecule has 0 bridgehead atoms. The number of nitrogen functional groups attached to an aromatic ring is 1. The van der Waals surface area contributed by atoms with E-state index < -0.39 is 5.91 Å². The fraction of sp³-hybridized carbons (Fsp3) is 0. The number of allylic oxidation sites excluding steroid dienone is 3. The van der Waals surface area contributed by atoms with Crippen molar-refractivity contribution in [2.45, 2.75) is 0 Å². The van der Waals surface area contributed by atoms with Gasteiger partial charge >= 0.3 is 0 Å². The zero-order valence-corrected chi connectivity index (χ0v) is 12.2. The summed E-state index contributed by atoms with van der Waals surface area (Å²) in [6.45, 7) is 0. The minimum atomic E-state index is -0.641. The van der Waals surface area contributed by atoms with Crippen LogP contribution >= 0.6 is 11.6 Å². The number of nitrogens with zero attached hydrogens (tertiary/aromatic N) is 2. The highest BCUT2D eigenvalue weighted by Gasteiger charge is 2.14. The van der Waals surface area contributed by atoms with Gasteiger partial charge in [0.25, 0.3) is 5.91 Å². The number of aliphatic hydroxyl groups excluding tert-OH is 1. The SMILES string of the molecule is NC(=O)c1cc2nccnc2c(/C=C/C=C\C(O)=C\Cl)c1N. The van der Waals surface area contributed by atoms with E-state index in [1.807, 2.05) is 0 Å². The molecule has 7 heteroatoms. The zero-order chi connectivity index (χ0) is 16.1. The Morgan fingerprint density at radius 3 is 2.68 bits per heavy atom. The Balaban J connectivity index is 2.56. The minimum Gasteiger partial charge on any atom is -0.507 e. The van der Waals surface area contributed by atoms with Crippen LogP contribution in [0.4, 0.5) is 5.69 Å². The summed E-state index contributed by atoms with van der Waals surface area (Å²) in [5.41, 5.74) is 14.3. The fourth-order valence-electron chi connectivity index (χ4n) is 1.86. The first kappa shape index (κ1) is 15.5. The van der Waals surface area contributed by atoms with E-state index in [4.69, 9.17) is 23.1 Å². The maximum Gasteiger partial charge on any atom is 0.250 e. The lowest BCUT2D eigenvalue weighted by molar-refractivity contribution is 0.100. The molecule has 1 amide bonds. The van der Waals surface area contributed by atoms with Crippen LogP contribution in [0.5, 0.6) is 0 Å². The second kappa shape index (κ2) is 6.73. The van der Waals surface area contributed by atoms with Crippen molar-refractivity contribution >= 4 is 40.3 Å². The normalized spacial score (nSPS) is 12.5. The van der Waals surface area contributed by atoms with Crippen molar-refractivity contribution in [3.05, 3.63) is 59.1 Å². The van der Waals surface area contributed by atoms with Crippen molar-refractivity contribution in [2.75, 3.05) is 5.73 Å². The van der Waals surface area contributed by atoms with Gasteiger partial charge in [-0.3, -0.25) is 14.8 Å². The smallest absolute Gasteiger partial charge is 0.250 e. The van der Waals surface area contributed by atoms with E-state index in [2.05, 4.69) is 9.97 Å². The molecule has 0 spiro atoms. The number of carbonyl (C=O) groups excluding carboxylic acids is 1. The van der Waals surface area contributed by atoms with Gasteiger partial charge < -0.3 is 16.6 Å². The summed E-state index contributed by atoms with van der Waals surface area (Å²) in [4.78, 5) is 19.8. The van der Waals surface area contributed by atoms with E-state index in [1.54, 1.807) is 18.2 Å². The standard InChI is InChI=1S/C15H13ClN4O2/c16-8-9(21)3-1-2-4-10-13(17)11(15(18)22)7-12-14(10)20-6-5-19-12/h1-8,21H,17H2,(H2,18,22)/b3-1-,4-2+,9-8-. The number of aromatic nitrogens is 2. The molecular weight excluding hydrogens is 304 g/mol. The van der Waals surface area contributed by atoms with Gasteiger partial charge in [0.2, 0.25) is 0 Å². The van der Waals surface area contributed by atoms with Crippen molar-refractivity contribution in [3.63, 3.8) is 0 Å². The molecule has 2 aromatic rings. The van der Waals surface area contributed by atoms with E-state index >= 15 is 0 Å². The molecule has 22 heavy (non-hydrogen) atoms. The number of benzene rings is 1. The Morgan fingerprint density at radius 1 is 1.27 bits per heavy atom. The lowest BCUT2D eigenvalue weighted by atomic mass is 10.0. The van der Waals surface area contributed by atoms with Gasteiger partial charge in [-0.05, 0) is 12.1 Å². The first-order valence-corrected chi connectivity index (χ1v) is 6.65. The number of carbonyl (C=O) groups is 1. The lowest BCUT2D eigenvalue weighted by Crippen LogP contribution is -2.14. The molecule has 1 heterocycles. The summed E-state index contributed by atoms with van der Waals surface area (Å²) in [5, 5.41) is 9.20.